The normalized spacial score (nSPS) is 20.5. The summed E-state index contributed by atoms with van der Waals surface area (Å²) < 4.78 is 0. The van der Waals surface area contributed by atoms with Crippen molar-refractivity contribution >= 4 is 36.9 Å². The van der Waals surface area contributed by atoms with Crippen LogP contribution in [-0.2, 0) is 6.54 Å². The zero-order chi connectivity index (χ0) is 18.4. The van der Waals surface area contributed by atoms with Crippen LogP contribution in [0.5, 0.6) is 5.75 Å². The van der Waals surface area contributed by atoms with Gasteiger partial charge in [0.15, 0.2) is 0 Å². The Morgan fingerprint density at radius 1 is 1.10 bits per heavy atom. The zero-order valence-electron chi connectivity index (χ0n) is 16.0. The van der Waals surface area contributed by atoms with Gasteiger partial charge in [0.05, 0.1) is 12.6 Å². The Balaban J connectivity index is 0.000000174. The van der Waals surface area contributed by atoms with E-state index in [2.05, 4.69) is 28.5 Å². The van der Waals surface area contributed by atoms with E-state index in [0.29, 0.717) is 18.2 Å². The molecule has 29 heavy (non-hydrogen) atoms. The van der Waals surface area contributed by atoms with Gasteiger partial charge in [0.2, 0.25) is 0 Å². The summed E-state index contributed by atoms with van der Waals surface area (Å²) in [6, 6.07) is 12.0. The molecular formula is C22H25Cl2N3O2. The first-order chi connectivity index (χ1) is 13.2. The number of benzene rings is 2. The highest BCUT2D eigenvalue weighted by molar-refractivity contribution is 6.01. The van der Waals surface area contributed by atoms with Crippen LogP contribution in [0.25, 0.3) is 0 Å². The molecule has 0 bridgehead atoms. The number of halogens is 2. The summed E-state index contributed by atoms with van der Waals surface area (Å²) in [5.74, 6) is 1.25. The van der Waals surface area contributed by atoms with Crippen LogP contribution < -0.4 is 5.32 Å². The molecule has 4 aliphatic rings. The van der Waals surface area contributed by atoms with Crippen LogP contribution in [0, 0.1) is 0 Å². The van der Waals surface area contributed by atoms with Gasteiger partial charge < -0.3 is 15.3 Å². The van der Waals surface area contributed by atoms with Crippen LogP contribution in [0.4, 0.5) is 0 Å². The van der Waals surface area contributed by atoms with E-state index in [9.17, 15) is 4.79 Å². The molecule has 1 saturated carbocycles. The lowest BCUT2D eigenvalue weighted by Gasteiger charge is -2.30. The minimum Gasteiger partial charge on any atom is -0.508 e. The van der Waals surface area contributed by atoms with Crippen molar-refractivity contribution in [3.8, 4) is 5.75 Å². The number of aromatic hydroxyl groups is 1. The predicted molar refractivity (Wildman–Crippen MR) is 119 cm³/mol. The summed E-state index contributed by atoms with van der Waals surface area (Å²) in [6.07, 6.45) is 4.34. The SMILES string of the molecule is Cl.Cl.O=C1c2c(C3CC3)cccc2[C@H]2CNCCN12.Oc1ccc2c(c1)CN=C2. The zero-order valence-corrected chi connectivity index (χ0v) is 17.6. The van der Waals surface area contributed by atoms with Crippen molar-refractivity contribution in [3.05, 3.63) is 64.2 Å². The monoisotopic (exact) mass is 433 g/mol. The Hall–Kier alpha value is -2.08. The standard InChI is InChI=1S/C14H16N2O.C8H7NO.2ClH/c17-14-13-10(9-4-5-9)2-1-3-11(13)12-8-15-6-7-16(12)14;10-8-2-1-6-4-9-5-7(6)3-8;;/h1-3,9,12,15H,4-8H2;1-4,10H,5H2;2*1H/t12-;;;/m1.../s1. The van der Waals surface area contributed by atoms with Gasteiger partial charge in [-0.2, -0.15) is 0 Å². The summed E-state index contributed by atoms with van der Waals surface area (Å²) in [5, 5.41) is 12.4. The number of phenols is 1. The fraction of sp³-hybridized carbons (Fsp3) is 0.364. The lowest BCUT2D eigenvalue weighted by atomic mass is 9.96. The molecule has 5 nitrogen and oxygen atoms in total. The van der Waals surface area contributed by atoms with Gasteiger partial charge in [-0.15, -0.1) is 24.8 Å². The number of fused-ring (bicyclic) bond motifs is 4. The van der Waals surface area contributed by atoms with E-state index < -0.39 is 0 Å². The number of aliphatic imine (C=N–C) groups is 1. The quantitative estimate of drug-likeness (QED) is 0.717. The molecule has 1 amide bonds. The number of carbonyl (C=O) groups excluding carboxylic acids is 1. The fourth-order valence-electron chi connectivity index (χ4n) is 4.31. The van der Waals surface area contributed by atoms with E-state index in [1.807, 2.05) is 17.2 Å². The first kappa shape index (κ1) is 21.6. The summed E-state index contributed by atoms with van der Waals surface area (Å²) >= 11 is 0. The maximum atomic E-state index is 12.5. The number of piperazine rings is 1. The Labute approximate surface area is 183 Å². The van der Waals surface area contributed by atoms with Gasteiger partial charge in [0.25, 0.3) is 5.91 Å². The highest BCUT2D eigenvalue weighted by Gasteiger charge is 2.41. The topological polar surface area (TPSA) is 64.9 Å². The minimum absolute atomic E-state index is 0. The van der Waals surface area contributed by atoms with Crippen molar-refractivity contribution in [2.45, 2.75) is 31.3 Å². The molecule has 0 aromatic heterocycles. The number of hydrogen-bond acceptors (Lipinski definition) is 4. The number of carbonyl (C=O) groups is 1. The third-order valence-electron chi connectivity index (χ3n) is 5.84. The second-order valence-electron chi connectivity index (χ2n) is 7.66. The number of hydrogen-bond donors (Lipinski definition) is 2. The molecule has 154 valence electrons. The molecular weight excluding hydrogens is 409 g/mol. The molecule has 0 spiro atoms. The Morgan fingerprint density at radius 3 is 2.69 bits per heavy atom. The molecule has 3 aliphatic heterocycles. The largest absolute Gasteiger partial charge is 0.508 e. The van der Waals surface area contributed by atoms with E-state index >= 15 is 0 Å². The van der Waals surface area contributed by atoms with Crippen molar-refractivity contribution in [1.82, 2.24) is 10.2 Å². The second kappa shape index (κ2) is 8.74. The number of phenolic OH excluding ortho intramolecular Hbond substituents is 1. The van der Waals surface area contributed by atoms with Crippen LogP contribution in [0.2, 0.25) is 0 Å². The molecule has 0 unspecified atom stereocenters. The van der Waals surface area contributed by atoms with E-state index in [-0.39, 0.29) is 36.8 Å². The molecule has 2 N–H and O–H groups in total. The van der Waals surface area contributed by atoms with Crippen molar-refractivity contribution in [3.63, 3.8) is 0 Å². The number of nitrogens with zero attached hydrogens (tertiary/aromatic N) is 2. The molecule has 1 saturated heterocycles. The Bertz CT molecular complexity index is 944. The van der Waals surface area contributed by atoms with E-state index in [4.69, 9.17) is 5.11 Å². The van der Waals surface area contributed by atoms with E-state index in [1.165, 1.54) is 24.0 Å². The Morgan fingerprint density at radius 2 is 1.90 bits per heavy atom. The summed E-state index contributed by atoms with van der Waals surface area (Å²) in [6.45, 7) is 3.40. The van der Waals surface area contributed by atoms with Crippen molar-refractivity contribution in [1.29, 1.82) is 0 Å². The highest BCUT2D eigenvalue weighted by Crippen LogP contribution is 2.46. The summed E-state index contributed by atoms with van der Waals surface area (Å²) in [4.78, 5) is 18.6. The van der Waals surface area contributed by atoms with Gasteiger partial charge in [-0.25, -0.2) is 0 Å². The van der Waals surface area contributed by atoms with Gasteiger partial charge in [-0.3, -0.25) is 9.79 Å². The lowest BCUT2D eigenvalue weighted by Crippen LogP contribution is -2.44. The lowest BCUT2D eigenvalue weighted by molar-refractivity contribution is 0.0690. The van der Waals surface area contributed by atoms with Gasteiger partial charge in [-0.1, -0.05) is 18.2 Å². The third kappa shape index (κ3) is 4.00. The predicted octanol–water partition coefficient (Wildman–Crippen LogP) is 3.83. The van der Waals surface area contributed by atoms with Crippen LogP contribution in [0.1, 0.15) is 57.4 Å². The molecule has 2 aromatic carbocycles. The third-order valence-corrected chi connectivity index (χ3v) is 5.84. The molecule has 2 fully saturated rings. The van der Waals surface area contributed by atoms with Crippen molar-refractivity contribution in [2.75, 3.05) is 19.6 Å². The first-order valence-electron chi connectivity index (χ1n) is 9.68. The molecule has 7 heteroatoms. The van der Waals surface area contributed by atoms with E-state index in [1.54, 1.807) is 12.1 Å². The molecule has 1 aliphatic carbocycles. The number of amides is 1. The van der Waals surface area contributed by atoms with Crippen LogP contribution in [-0.4, -0.2) is 41.8 Å². The minimum atomic E-state index is 0. The van der Waals surface area contributed by atoms with Crippen molar-refractivity contribution < 1.29 is 9.90 Å². The summed E-state index contributed by atoms with van der Waals surface area (Å²) in [5.41, 5.74) is 5.83. The molecule has 6 rings (SSSR count). The van der Waals surface area contributed by atoms with Gasteiger partial charge in [-0.05, 0) is 59.2 Å². The average Bonchev–Trinajstić information content (AvgIpc) is 3.38. The van der Waals surface area contributed by atoms with E-state index in [0.717, 1.165) is 36.3 Å². The molecule has 2 aromatic rings. The smallest absolute Gasteiger partial charge is 0.255 e. The second-order valence-corrected chi connectivity index (χ2v) is 7.66. The van der Waals surface area contributed by atoms with Crippen LogP contribution in [0.15, 0.2) is 41.4 Å². The summed E-state index contributed by atoms with van der Waals surface area (Å²) in [7, 11) is 0. The van der Waals surface area contributed by atoms with Crippen LogP contribution in [0.3, 0.4) is 0 Å². The first-order valence-corrected chi connectivity index (χ1v) is 9.68. The Kier molecular flexibility index (Phi) is 6.52. The van der Waals surface area contributed by atoms with Crippen LogP contribution >= 0.6 is 24.8 Å². The molecule has 0 radical (unpaired) electrons. The van der Waals surface area contributed by atoms with Crippen molar-refractivity contribution in [2.24, 2.45) is 4.99 Å². The average molecular weight is 434 g/mol. The van der Waals surface area contributed by atoms with Gasteiger partial charge in [0.1, 0.15) is 5.75 Å². The van der Waals surface area contributed by atoms with Gasteiger partial charge >= 0.3 is 0 Å². The molecule has 3 heterocycles. The molecule has 1 atom stereocenters. The fourth-order valence-corrected chi connectivity index (χ4v) is 4.31. The highest BCUT2D eigenvalue weighted by atomic mass is 35.5. The number of nitrogens with one attached hydrogen (secondary N) is 1. The maximum Gasteiger partial charge on any atom is 0.255 e. The van der Waals surface area contributed by atoms with Gasteiger partial charge in [0, 0.05) is 31.4 Å². The number of rotatable bonds is 1. The maximum absolute atomic E-state index is 12.5.